The summed E-state index contributed by atoms with van der Waals surface area (Å²) in [6, 6.07) is 31.6. The first-order valence-corrected chi connectivity index (χ1v) is 14.8. The first kappa shape index (κ1) is 29.5. The second-order valence-electron chi connectivity index (χ2n) is 10.3. The van der Waals surface area contributed by atoms with E-state index in [2.05, 4.69) is 12.2 Å². The number of ether oxygens (including phenoxy) is 2. The van der Waals surface area contributed by atoms with E-state index in [4.69, 9.17) is 9.47 Å². The first-order chi connectivity index (χ1) is 20.4. The van der Waals surface area contributed by atoms with Crippen molar-refractivity contribution >= 4 is 23.6 Å². The molecule has 0 saturated carbocycles. The van der Waals surface area contributed by atoms with Gasteiger partial charge in [-0.05, 0) is 53.1 Å². The fraction of sp³-hybridized carbons (Fsp3) is 0.235. The fourth-order valence-electron chi connectivity index (χ4n) is 4.85. The normalized spacial score (nSPS) is 20.1. The molecule has 42 heavy (non-hydrogen) atoms. The standard InChI is InChI=1S/C34H33NO6S/c1-22-30(21-42-29-17-15-27(16-18-29)33(38)39)40-34(41-31(22)25-11-9-24(20-36)10-12-25)28-13-7-23(8-14-28)19-35-32(37)26-5-3-2-4-6-26/h2-18,22,30-31,34,36H,19-21H2,1H3,(H,35,37)(H,38,39)/t22-,30+,31+,34+/m1/s1. The van der Waals surface area contributed by atoms with E-state index in [1.54, 1.807) is 36.0 Å². The summed E-state index contributed by atoms with van der Waals surface area (Å²) in [5.74, 6) is -0.391. The Balaban J connectivity index is 1.30. The monoisotopic (exact) mass is 583 g/mol. The van der Waals surface area contributed by atoms with Gasteiger partial charge in [0.1, 0.15) is 0 Å². The topological polar surface area (TPSA) is 105 Å². The Hall–Kier alpha value is -3.95. The van der Waals surface area contributed by atoms with Crippen LogP contribution in [0, 0.1) is 5.92 Å². The van der Waals surface area contributed by atoms with Crippen molar-refractivity contribution in [1.29, 1.82) is 0 Å². The van der Waals surface area contributed by atoms with Crippen LogP contribution in [0.4, 0.5) is 0 Å². The molecule has 4 aromatic rings. The Morgan fingerprint density at radius 1 is 0.786 bits per heavy atom. The number of carbonyl (C=O) groups excluding carboxylic acids is 1. The van der Waals surface area contributed by atoms with Gasteiger partial charge in [0.2, 0.25) is 0 Å². The van der Waals surface area contributed by atoms with E-state index in [1.807, 2.05) is 78.9 Å². The molecule has 4 atom stereocenters. The van der Waals surface area contributed by atoms with Crippen LogP contribution >= 0.6 is 11.8 Å². The lowest BCUT2D eigenvalue weighted by molar-refractivity contribution is -0.268. The van der Waals surface area contributed by atoms with Crippen molar-refractivity contribution in [2.24, 2.45) is 5.92 Å². The van der Waals surface area contributed by atoms with Crippen molar-refractivity contribution in [2.45, 2.75) is 43.5 Å². The quantitative estimate of drug-likeness (QED) is 0.186. The number of amides is 1. The highest BCUT2D eigenvalue weighted by Gasteiger charge is 2.38. The Labute approximate surface area is 249 Å². The van der Waals surface area contributed by atoms with Crippen LogP contribution in [0.3, 0.4) is 0 Å². The minimum Gasteiger partial charge on any atom is -0.478 e. The SMILES string of the molecule is C[C@@H]1[C@H](CSc2ccc(C(=O)O)cc2)O[C@H](c2ccc(CNC(=O)c3ccccc3)cc2)O[C@@H]1c1ccc(CO)cc1. The van der Waals surface area contributed by atoms with E-state index in [-0.39, 0.29) is 36.2 Å². The fourth-order valence-corrected chi connectivity index (χ4v) is 5.92. The van der Waals surface area contributed by atoms with Gasteiger partial charge in [-0.2, -0.15) is 0 Å². The van der Waals surface area contributed by atoms with E-state index >= 15 is 0 Å². The molecule has 1 aliphatic heterocycles. The summed E-state index contributed by atoms with van der Waals surface area (Å²) < 4.78 is 13.0. The minimum absolute atomic E-state index is 0.0226. The number of carboxylic acid groups (broad SMARTS) is 1. The van der Waals surface area contributed by atoms with Gasteiger partial charge in [0.25, 0.3) is 5.91 Å². The summed E-state index contributed by atoms with van der Waals surface area (Å²) in [7, 11) is 0. The second kappa shape index (κ2) is 13.8. The molecule has 0 spiro atoms. The van der Waals surface area contributed by atoms with Crippen molar-refractivity contribution in [3.8, 4) is 0 Å². The summed E-state index contributed by atoms with van der Waals surface area (Å²) in [5, 5.41) is 21.6. The van der Waals surface area contributed by atoms with Gasteiger partial charge in [-0.25, -0.2) is 4.79 Å². The molecule has 7 nitrogen and oxygen atoms in total. The lowest BCUT2D eigenvalue weighted by atomic mass is 9.91. The van der Waals surface area contributed by atoms with E-state index in [1.165, 1.54) is 0 Å². The molecule has 0 aliphatic carbocycles. The number of aliphatic hydroxyl groups is 1. The van der Waals surface area contributed by atoms with Gasteiger partial charge in [0.15, 0.2) is 6.29 Å². The molecule has 1 heterocycles. The molecule has 3 N–H and O–H groups in total. The number of aliphatic hydroxyl groups excluding tert-OH is 1. The number of hydrogen-bond donors (Lipinski definition) is 3. The molecule has 1 fully saturated rings. The van der Waals surface area contributed by atoms with Crippen molar-refractivity contribution in [1.82, 2.24) is 5.32 Å². The molecule has 0 aromatic heterocycles. The van der Waals surface area contributed by atoms with Crippen LogP contribution in [0.25, 0.3) is 0 Å². The van der Waals surface area contributed by atoms with E-state index in [0.717, 1.165) is 27.1 Å². The van der Waals surface area contributed by atoms with Gasteiger partial charge in [-0.15, -0.1) is 11.8 Å². The molecule has 1 amide bonds. The number of carbonyl (C=O) groups is 2. The highest BCUT2D eigenvalue weighted by Crippen LogP contribution is 2.43. The maximum atomic E-state index is 12.4. The molecule has 0 radical (unpaired) electrons. The molecule has 8 heteroatoms. The highest BCUT2D eigenvalue weighted by atomic mass is 32.2. The average molecular weight is 584 g/mol. The van der Waals surface area contributed by atoms with Gasteiger partial charge in [0, 0.05) is 34.2 Å². The molecule has 1 saturated heterocycles. The predicted molar refractivity (Wildman–Crippen MR) is 161 cm³/mol. The zero-order valence-corrected chi connectivity index (χ0v) is 24.0. The van der Waals surface area contributed by atoms with E-state index in [0.29, 0.717) is 17.9 Å². The molecule has 4 aromatic carbocycles. The first-order valence-electron chi connectivity index (χ1n) is 13.8. The van der Waals surface area contributed by atoms with Crippen molar-refractivity contribution in [3.63, 3.8) is 0 Å². The number of benzene rings is 4. The van der Waals surface area contributed by atoms with Gasteiger partial charge >= 0.3 is 5.97 Å². The number of nitrogens with one attached hydrogen (secondary N) is 1. The van der Waals surface area contributed by atoms with Crippen molar-refractivity contribution < 1.29 is 29.3 Å². The van der Waals surface area contributed by atoms with Crippen LogP contribution in [0.15, 0.2) is 108 Å². The summed E-state index contributed by atoms with van der Waals surface area (Å²) in [6.07, 6.45) is -0.988. The van der Waals surface area contributed by atoms with Crippen LogP contribution in [-0.4, -0.2) is 33.9 Å². The second-order valence-corrected chi connectivity index (χ2v) is 11.3. The van der Waals surface area contributed by atoms with Crippen LogP contribution in [0.5, 0.6) is 0 Å². The van der Waals surface area contributed by atoms with Gasteiger partial charge < -0.3 is 25.0 Å². The van der Waals surface area contributed by atoms with Gasteiger partial charge in [0.05, 0.1) is 24.4 Å². The predicted octanol–water partition coefficient (Wildman–Crippen LogP) is 6.39. The maximum Gasteiger partial charge on any atom is 0.335 e. The van der Waals surface area contributed by atoms with Crippen molar-refractivity contribution in [2.75, 3.05) is 5.75 Å². The lowest BCUT2D eigenvalue weighted by Gasteiger charge is -2.41. The lowest BCUT2D eigenvalue weighted by Crippen LogP contribution is -2.38. The Kier molecular flexibility index (Phi) is 9.71. The third-order valence-corrected chi connectivity index (χ3v) is 8.48. The summed E-state index contributed by atoms with van der Waals surface area (Å²) in [4.78, 5) is 24.6. The van der Waals surface area contributed by atoms with Gasteiger partial charge in [-0.3, -0.25) is 4.79 Å². The molecule has 1 aliphatic rings. The summed E-state index contributed by atoms with van der Waals surface area (Å²) >= 11 is 1.61. The average Bonchev–Trinajstić information content (AvgIpc) is 3.04. The van der Waals surface area contributed by atoms with E-state index in [9.17, 15) is 19.8 Å². The zero-order valence-electron chi connectivity index (χ0n) is 23.2. The van der Waals surface area contributed by atoms with E-state index < -0.39 is 12.3 Å². The summed E-state index contributed by atoms with van der Waals surface area (Å²) in [5.41, 5.74) is 4.55. The third-order valence-electron chi connectivity index (χ3n) is 7.38. The van der Waals surface area contributed by atoms with Crippen LogP contribution in [0.2, 0.25) is 0 Å². The maximum absolute atomic E-state index is 12.4. The van der Waals surface area contributed by atoms with Crippen molar-refractivity contribution in [3.05, 3.63) is 137 Å². The smallest absolute Gasteiger partial charge is 0.335 e. The van der Waals surface area contributed by atoms with Crippen LogP contribution in [0.1, 0.15) is 62.3 Å². The number of hydrogen-bond acceptors (Lipinski definition) is 6. The largest absolute Gasteiger partial charge is 0.478 e. The Morgan fingerprint density at radius 3 is 2.07 bits per heavy atom. The number of carboxylic acids is 1. The third kappa shape index (κ3) is 7.27. The van der Waals surface area contributed by atoms with Crippen LogP contribution < -0.4 is 5.32 Å². The summed E-state index contributed by atoms with van der Waals surface area (Å²) in [6.45, 7) is 2.49. The van der Waals surface area contributed by atoms with Gasteiger partial charge in [-0.1, -0.05) is 73.7 Å². The van der Waals surface area contributed by atoms with Crippen LogP contribution in [-0.2, 0) is 22.6 Å². The molecule has 0 unspecified atom stereocenters. The molecule has 5 rings (SSSR count). The molecule has 216 valence electrons. The Bertz CT molecular complexity index is 1480. The Morgan fingerprint density at radius 2 is 1.43 bits per heavy atom. The molecule has 0 bridgehead atoms. The zero-order chi connectivity index (χ0) is 29.5. The molecular weight excluding hydrogens is 550 g/mol. The number of thioether (sulfide) groups is 1. The number of aromatic carboxylic acids is 1. The molecular formula is C34H33NO6S. The highest BCUT2D eigenvalue weighted by molar-refractivity contribution is 7.99. The number of rotatable bonds is 10. The minimum atomic E-state index is -0.949.